The van der Waals surface area contributed by atoms with Gasteiger partial charge in [0.2, 0.25) is 0 Å². The molecule has 2 atom stereocenters. The van der Waals surface area contributed by atoms with Crippen LogP contribution in [0.1, 0.15) is 28.4 Å². The summed E-state index contributed by atoms with van der Waals surface area (Å²) in [6.07, 6.45) is 1.96. The van der Waals surface area contributed by atoms with Gasteiger partial charge in [0.25, 0.3) is 0 Å². The molecule has 2 unspecified atom stereocenters. The molecule has 2 aromatic rings. The molecule has 3 nitrogen and oxygen atoms in total. The summed E-state index contributed by atoms with van der Waals surface area (Å²) < 4.78 is 5.77. The van der Waals surface area contributed by atoms with Crippen LogP contribution < -0.4 is 10.1 Å². The Kier molecular flexibility index (Phi) is 3.53. The molecule has 1 aliphatic rings. The standard InChI is InChI=1S/C15H18N2OS/c1-10-9-18-14-6-4-3-5-13(14)15(10)17-8-12-7-16-11(2)19-12/h3-7,10,15,17H,8-9H2,1-2H3. The first kappa shape index (κ1) is 12.6. The quantitative estimate of drug-likeness (QED) is 0.932. The molecule has 4 heteroatoms. The largest absolute Gasteiger partial charge is 0.493 e. The molecule has 1 aromatic heterocycles. The van der Waals surface area contributed by atoms with E-state index in [0.717, 1.165) is 23.9 Å². The number of nitrogens with one attached hydrogen (secondary N) is 1. The number of hydrogen-bond donors (Lipinski definition) is 1. The van der Waals surface area contributed by atoms with Crippen molar-refractivity contribution in [3.63, 3.8) is 0 Å². The van der Waals surface area contributed by atoms with Crippen LogP contribution in [0.5, 0.6) is 5.75 Å². The lowest BCUT2D eigenvalue weighted by atomic mass is 9.92. The minimum Gasteiger partial charge on any atom is -0.493 e. The summed E-state index contributed by atoms with van der Waals surface area (Å²) >= 11 is 1.75. The Morgan fingerprint density at radius 2 is 2.26 bits per heavy atom. The van der Waals surface area contributed by atoms with E-state index < -0.39 is 0 Å². The first-order valence-electron chi connectivity index (χ1n) is 6.60. The molecule has 3 rings (SSSR count). The van der Waals surface area contributed by atoms with Gasteiger partial charge in [-0.3, -0.25) is 0 Å². The molecule has 2 heterocycles. The third kappa shape index (κ3) is 2.65. The highest BCUT2D eigenvalue weighted by atomic mass is 32.1. The number of thiazole rings is 1. The maximum absolute atomic E-state index is 5.77. The lowest BCUT2D eigenvalue weighted by Crippen LogP contribution is -2.33. The number of aromatic nitrogens is 1. The van der Waals surface area contributed by atoms with E-state index in [4.69, 9.17) is 4.74 Å². The van der Waals surface area contributed by atoms with Crippen molar-refractivity contribution in [1.82, 2.24) is 10.3 Å². The van der Waals surface area contributed by atoms with Crippen LogP contribution in [-0.2, 0) is 6.54 Å². The number of nitrogens with zero attached hydrogens (tertiary/aromatic N) is 1. The Labute approximate surface area is 117 Å². The van der Waals surface area contributed by atoms with E-state index in [-0.39, 0.29) is 0 Å². The minimum absolute atomic E-state index is 0.354. The third-order valence-electron chi connectivity index (χ3n) is 3.49. The fraction of sp³-hybridized carbons (Fsp3) is 0.400. The first-order valence-corrected chi connectivity index (χ1v) is 7.42. The number of hydrogen-bond acceptors (Lipinski definition) is 4. The van der Waals surface area contributed by atoms with Crippen LogP contribution in [0, 0.1) is 12.8 Å². The molecule has 0 spiro atoms. The number of para-hydroxylation sites is 1. The molecule has 0 saturated carbocycles. The molecule has 1 N–H and O–H groups in total. The molecule has 100 valence electrons. The van der Waals surface area contributed by atoms with Crippen molar-refractivity contribution in [2.75, 3.05) is 6.61 Å². The molecule has 19 heavy (non-hydrogen) atoms. The van der Waals surface area contributed by atoms with Crippen LogP contribution in [0.15, 0.2) is 30.5 Å². The summed E-state index contributed by atoms with van der Waals surface area (Å²) in [5.74, 6) is 1.49. The van der Waals surface area contributed by atoms with Gasteiger partial charge in [-0.05, 0) is 13.0 Å². The first-order chi connectivity index (χ1) is 9.24. The van der Waals surface area contributed by atoms with Gasteiger partial charge in [0.05, 0.1) is 11.6 Å². The zero-order valence-corrected chi connectivity index (χ0v) is 12.0. The van der Waals surface area contributed by atoms with E-state index in [9.17, 15) is 0 Å². The van der Waals surface area contributed by atoms with E-state index in [0.29, 0.717) is 12.0 Å². The van der Waals surface area contributed by atoms with Gasteiger partial charge in [0.1, 0.15) is 5.75 Å². The third-order valence-corrected chi connectivity index (χ3v) is 4.40. The maximum Gasteiger partial charge on any atom is 0.124 e. The van der Waals surface area contributed by atoms with E-state index in [1.165, 1.54) is 10.4 Å². The highest BCUT2D eigenvalue weighted by molar-refractivity contribution is 7.11. The van der Waals surface area contributed by atoms with Gasteiger partial charge in [-0.1, -0.05) is 25.1 Å². The Hall–Kier alpha value is -1.39. The van der Waals surface area contributed by atoms with Crippen LogP contribution in [0.4, 0.5) is 0 Å². The van der Waals surface area contributed by atoms with Crippen molar-refractivity contribution in [3.8, 4) is 5.75 Å². The molecule has 0 saturated heterocycles. The van der Waals surface area contributed by atoms with E-state index in [1.807, 2.05) is 25.3 Å². The molecular weight excluding hydrogens is 256 g/mol. The van der Waals surface area contributed by atoms with E-state index >= 15 is 0 Å². The highest BCUT2D eigenvalue weighted by Crippen LogP contribution is 2.35. The average molecular weight is 274 g/mol. The van der Waals surface area contributed by atoms with Crippen LogP contribution in [-0.4, -0.2) is 11.6 Å². The van der Waals surface area contributed by atoms with Crippen molar-refractivity contribution < 1.29 is 4.74 Å². The molecule has 0 aliphatic carbocycles. The predicted octanol–water partition coefficient (Wildman–Crippen LogP) is 3.31. The summed E-state index contributed by atoms with van der Waals surface area (Å²) in [6, 6.07) is 8.66. The molecule has 0 amide bonds. The van der Waals surface area contributed by atoms with Crippen LogP contribution in [0.2, 0.25) is 0 Å². The van der Waals surface area contributed by atoms with Gasteiger partial charge < -0.3 is 10.1 Å². The SMILES string of the molecule is Cc1ncc(CNC2c3ccccc3OCC2C)s1. The monoisotopic (exact) mass is 274 g/mol. The van der Waals surface area contributed by atoms with Gasteiger partial charge in [-0.25, -0.2) is 4.98 Å². The topological polar surface area (TPSA) is 34.2 Å². The van der Waals surface area contributed by atoms with Crippen molar-refractivity contribution in [2.24, 2.45) is 5.92 Å². The normalized spacial score (nSPS) is 21.8. The second kappa shape index (κ2) is 5.31. The van der Waals surface area contributed by atoms with Crippen molar-refractivity contribution in [2.45, 2.75) is 26.4 Å². The van der Waals surface area contributed by atoms with Crippen LogP contribution >= 0.6 is 11.3 Å². The molecule has 1 aliphatic heterocycles. The Morgan fingerprint density at radius 3 is 3.05 bits per heavy atom. The zero-order chi connectivity index (χ0) is 13.2. The van der Waals surface area contributed by atoms with Crippen molar-refractivity contribution in [3.05, 3.63) is 45.9 Å². The predicted molar refractivity (Wildman–Crippen MR) is 77.5 cm³/mol. The molecule has 0 bridgehead atoms. The smallest absolute Gasteiger partial charge is 0.124 e. The van der Waals surface area contributed by atoms with Gasteiger partial charge in [-0.15, -0.1) is 11.3 Å². The van der Waals surface area contributed by atoms with E-state index in [1.54, 1.807) is 11.3 Å². The Morgan fingerprint density at radius 1 is 1.42 bits per heavy atom. The summed E-state index contributed by atoms with van der Waals surface area (Å²) in [5, 5.41) is 4.77. The van der Waals surface area contributed by atoms with Crippen LogP contribution in [0.3, 0.4) is 0 Å². The van der Waals surface area contributed by atoms with Gasteiger partial charge in [0, 0.05) is 35.1 Å². The van der Waals surface area contributed by atoms with E-state index in [2.05, 4.69) is 29.4 Å². The average Bonchev–Trinajstić information content (AvgIpc) is 2.83. The second-order valence-corrected chi connectivity index (χ2v) is 6.35. The molecule has 0 radical (unpaired) electrons. The number of rotatable bonds is 3. The Balaban J connectivity index is 1.76. The maximum atomic E-state index is 5.77. The fourth-order valence-electron chi connectivity index (χ4n) is 2.50. The molecule has 1 aromatic carbocycles. The number of ether oxygens (including phenoxy) is 1. The summed E-state index contributed by atoms with van der Waals surface area (Å²) in [5.41, 5.74) is 1.27. The Bertz CT molecular complexity index is 567. The van der Waals surface area contributed by atoms with Crippen LogP contribution in [0.25, 0.3) is 0 Å². The lowest BCUT2D eigenvalue weighted by Gasteiger charge is -2.32. The summed E-state index contributed by atoms with van der Waals surface area (Å²) in [7, 11) is 0. The van der Waals surface area contributed by atoms with Crippen molar-refractivity contribution >= 4 is 11.3 Å². The minimum atomic E-state index is 0.354. The second-order valence-electron chi connectivity index (χ2n) is 5.03. The summed E-state index contributed by atoms with van der Waals surface area (Å²) in [6.45, 7) is 5.91. The van der Waals surface area contributed by atoms with Crippen molar-refractivity contribution in [1.29, 1.82) is 0 Å². The highest BCUT2D eigenvalue weighted by Gasteiger charge is 2.27. The zero-order valence-electron chi connectivity index (χ0n) is 11.2. The number of benzene rings is 1. The van der Waals surface area contributed by atoms with Gasteiger partial charge >= 0.3 is 0 Å². The van der Waals surface area contributed by atoms with Gasteiger partial charge in [0.15, 0.2) is 0 Å². The number of fused-ring (bicyclic) bond motifs is 1. The summed E-state index contributed by atoms with van der Waals surface area (Å²) in [4.78, 5) is 5.58. The lowest BCUT2D eigenvalue weighted by molar-refractivity contribution is 0.188. The molecular formula is C15H18N2OS. The molecule has 0 fully saturated rings. The number of aryl methyl sites for hydroxylation is 1. The fourth-order valence-corrected chi connectivity index (χ4v) is 3.25. The van der Waals surface area contributed by atoms with Gasteiger partial charge in [-0.2, -0.15) is 0 Å².